The van der Waals surface area contributed by atoms with Crippen LogP contribution in [0.1, 0.15) is 69.2 Å². The van der Waals surface area contributed by atoms with Crippen molar-refractivity contribution < 1.29 is 27.5 Å². The molecule has 3 aliphatic heterocycles. The van der Waals surface area contributed by atoms with Gasteiger partial charge in [-0.1, -0.05) is 6.07 Å². The summed E-state index contributed by atoms with van der Waals surface area (Å²) in [5.74, 6) is 1.43. The van der Waals surface area contributed by atoms with Crippen molar-refractivity contribution in [2.24, 2.45) is 11.3 Å². The molecule has 0 spiro atoms. The number of rotatable bonds is 5. The van der Waals surface area contributed by atoms with Crippen LogP contribution in [0.5, 0.6) is 0 Å². The summed E-state index contributed by atoms with van der Waals surface area (Å²) in [7, 11) is 0. The fourth-order valence-electron chi connectivity index (χ4n) is 6.51. The molecule has 232 valence electrons. The van der Waals surface area contributed by atoms with E-state index in [1.165, 1.54) is 4.90 Å². The Balaban J connectivity index is 1.23. The van der Waals surface area contributed by atoms with Gasteiger partial charge < -0.3 is 15.0 Å². The first-order chi connectivity index (χ1) is 20.5. The van der Waals surface area contributed by atoms with Crippen molar-refractivity contribution in [1.82, 2.24) is 14.7 Å². The lowest BCUT2D eigenvalue weighted by Gasteiger charge is -2.34. The predicted octanol–water partition coefficient (Wildman–Crippen LogP) is 5.58. The van der Waals surface area contributed by atoms with E-state index >= 15 is 0 Å². The molecule has 4 bridgehead atoms. The fraction of sp³-hybridized carbons (Fsp3) is 0.600. The van der Waals surface area contributed by atoms with Crippen LogP contribution in [-0.2, 0) is 9.53 Å². The molecule has 2 aromatic rings. The number of anilines is 3. The third kappa shape index (κ3) is 6.15. The quantitative estimate of drug-likeness (QED) is 0.420. The second-order valence-corrected chi connectivity index (χ2v) is 13.5. The van der Waals surface area contributed by atoms with Crippen LogP contribution in [-0.4, -0.2) is 65.8 Å². The molecular formula is C30H37F3N6O3S. The molecule has 1 unspecified atom stereocenters. The van der Waals surface area contributed by atoms with E-state index < -0.39 is 17.7 Å². The number of nitrogens with one attached hydrogen (secondary N) is 2. The van der Waals surface area contributed by atoms with E-state index in [9.17, 15) is 22.8 Å². The van der Waals surface area contributed by atoms with Gasteiger partial charge in [0.2, 0.25) is 0 Å². The highest BCUT2D eigenvalue weighted by Crippen LogP contribution is 2.60. The largest absolute Gasteiger partial charge is 0.394 e. The third-order valence-electron chi connectivity index (χ3n) is 9.17. The van der Waals surface area contributed by atoms with E-state index in [0.717, 1.165) is 50.1 Å². The minimum Gasteiger partial charge on any atom is -0.370 e. The third-order valence-corrected chi connectivity index (χ3v) is 9.90. The number of nitrogens with zero attached hydrogens (tertiary/aromatic N) is 4. The summed E-state index contributed by atoms with van der Waals surface area (Å²) in [6, 6.07) is 8.98. The van der Waals surface area contributed by atoms with Gasteiger partial charge in [-0.15, -0.1) is 0 Å². The molecule has 6 rings (SSSR count). The first-order valence-electron chi connectivity index (χ1n) is 14.9. The Hall–Kier alpha value is -3.06. The number of hydrogen-bond acceptors (Lipinski definition) is 8. The zero-order chi connectivity index (χ0) is 30.4. The molecule has 1 aliphatic carbocycles. The van der Waals surface area contributed by atoms with Gasteiger partial charge in [0.1, 0.15) is 28.6 Å². The maximum atomic E-state index is 13.5. The van der Waals surface area contributed by atoms with E-state index in [1.54, 1.807) is 12.1 Å². The van der Waals surface area contributed by atoms with Crippen molar-refractivity contribution in [1.29, 1.82) is 0 Å². The second-order valence-electron chi connectivity index (χ2n) is 12.7. The van der Waals surface area contributed by atoms with E-state index in [1.807, 2.05) is 18.2 Å². The Morgan fingerprint density at radius 2 is 1.93 bits per heavy atom. The minimum atomic E-state index is -4.25. The molecule has 1 saturated carbocycles. The van der Waals surface area contributed by atoms with Gasteiger partial charge in [0.15, 0.2) is 0 Å². The minimum absolute atomic E-state index is 0.114. The Kier molecular flexibility index (Phi) is 7.99. The predicted molar refractivity (Wildman–Crippen MR) is 158 cm³/mol. The molecule has 2 saturated heterocycles. The van der Waals surface area contributed by atoms with Crippen LogP contribution in [0.3, 0.4) is 0 Å². The van der Waals surface area contributed by atoms with Crippen molar-refractivity contribution in [2.75, 3.05) is 41.4 Å². The molecule has 4 aliphatic rings. The molecule has 2 aromatic heterocycles. The number of carbonyl (C=O) groups excluding carboxylic acids is 2. The SMILES string of the molecule is CC1(C)C[C@@H]2CCCNc3cccc(n3)SNC(=O)c3ccc(N4CCC(OCCC5(C(F)(F)F)CC5)C4=O)nc3N1C2. The van der Waals surface area contributed by atoms with Crippen molar-refractivity contribution >= 4 is 41.2 Å². The number of ether oxygens (including phenoxy) is 1. The summed E-state index contributed by atoms with van der Waals surface area (Å²) in [5, 5.41) is 4.03. The maximum Gasteiger partial charge on any atom is 0.394 e. The van der Waals surface area contributed by atoms with E-state index in [-0.39, 0.29) is 43.2 Å². The maximum absolute atomic E-state index is 13.5. The highest BCUT2D eigenvalue weighted by Gasteiger charge is 2.62. The standard InChI is InChI=1S/C30H37F3N6O3S/c1-28(2)17-19-5-4-14-34-22-6-3-7-24(35-22)43-37-26(40)20-8-9-23(36-25(20)39(28)18-19)38-15-10-21(27(38)41)42-16-13-29(11-12-29)30(31,32)33/h3,6-9,19,21H,4-5,10-18H2,1-2H3,(H,34,35)(H,37,40)/t19-,21?/m0/s1. The normalized spacial score (nSPS) is 25.0. The molecule has 43 heavy (non-hydrogen) atoms. The van der Waals surface area contributed by atoms with Gasteiger partial charge >= 0.3 is 6.18 Å². The second kappa shape index (κ2) is 11.5. The molecule has 2 atom stereocenters. The van der Waals surface area contributed by atoms with Gasteiger partial charge in [0, 0.05) is 50.1 Å². The van der Waals surface area contributed by atoms with Gasteiger partial charge in [-0.3, -0.25) is 19.2 Å². The van der Waals surface area contributed by atoms with Gasteiger partial charge in [-0.2, -0.15) is 13.2 Å². The van der Waals surface area contributed by atoms with Gasteiger partial charge in [-0.05, 0) is 82.6 Å². The summed E-state index contributed by atoms with van der Waals surface area (Å²) < 4.78 is 48.5. The molecular weight excluding hydrogens is 581 g/mol. The molecule has 2 N–H and O–H groups in total. The Labute approximate surface area is 253 Å². The fourth-order valence-corrected chi connectivity index (χ4v) is 7.11. The highest BCUT2D eigenvalue weighted by molar-refractivity contribution is 7.97. The van der Waals surface area contributed by atoms with Crippen LogP contribution in [0, 0.1) is 11.3 Å². The summed E-state index contributed by atoms with van der Waals surface area (Å²) >= 11 is 1.13. The number of fused-ring (bicyclic) bond motifs is 6. The Morgan fingerprint density at radius 3 is 2.70 bits per heavy atom. The van der Waals surface area contributed by atoms with Crippen LogP contribution in [0.25, 0.3) is 0 Å². The van der Waals surface area contributed by atoms with Crippen LogP contribution < -0.4 is 19.8 Å². The number of hydrogen-bond donors (Lipinski definition) is 2. The Morgan fingerprint density at radius 1 is 1.12 bits per heavy atom. The topological polar surface area (TPSA) is 99.7 Å². The summed E-state index contributed by atoms with van der Waals surface area (Å²) in [6.45, 7) is 6.03. The smallest absolute Gasteiger partial charge is 0.370 e. The van der Waals surface area contributed by atoms with Crippen molar-refractivity contribution in [3.63, 3.8) is 0 Å². The molecule has 9 nitrogen and oxygen atoms in total. The van der Waals surface area contributed by atoms with E-state index in [0.29, 0.717) is 41.1 Å². The molecule has 13 heteroatoms. The number of carbonyl (C=O) groups is 2. The van der Waals surface area contributed by atoms with Gasteiger partial charge in [-0.25, -0.2) is 9.97 Å². The molecule has 0 radical (unpaired) electrons. The zero-order valence-corrected chi connectivity index (χ0v) is 25.2. The number of halogens is 3. The van der Waals surface area contributed by atoms with Crippen molar-refractivity contribution in [3.05, 3.63) is 35.9 Å². The van der Waals surface area contributed by atoms with Crippen LogP contribution in [0.15, 0.2) is 35.4 Å². The highest BCUT2D eigenvalue weighted by atomic mass is 32.2. The van der Waals surface area contributed by atoms with Crippen molar-refractivity contribution in [3.8, 4) is 0 Å². The summed E-state index contributed by atoms with van der Waals surface area (Å²) in [5.41, 5.74) is -1.53. The Bertz CT molecular complexity index is 1390. The van der Waals surface area contributed by atoms with E-state index in [4.69, 9.17) is 9.72 Å². The molecule has 0 aromatic carbocycles. The summed E-state index contributed by atoms with van der Waals surface area (Å²) in [4.78, 5) is 40.0. The van der Waals surface area contributed by atoms with Crippen LogP contribution >= 0.6 is 11.9 Å². The van der Waals surface area contributed by atoms with Gasteiger partial charge in [0.05, 0.1) is 11.0 Å². The van der Waals surface area contributed by atoms with Crippen molar-refractivity contribution in [2.45, 2.75) is 81.6 Å². The van der Waals surface area contributed by atoms with Crippen LogP contribution in [0.2, 0.25) is 0 Å². The lowest BCUT2D eigenvalue weighted by atomic mass is 9.93. The first kappa shape index (κ1) is 30.0. The van der Waals surface area contributed by atoms with Crippen LogP contribution in [0.4, 0.5) is 30.6 Å². The molecule has 2 amide bonds. The monoisotopic (exact) mass is 618 g/mol. The lowest BCUT2D eigenvalue weighted by molar-refractivity contribution is -0.192. The van der Waals surface area contributed by atoms with E-state index in [2.05, 4.69) is 33.8 Å². The molecule has 3 fully saturated rings. The average Bonchev–Trinajstić information content (AvgIpc) is 3.59. The lowest BCUT2D eigenvalue weighted by Crippen LogP contribution is -2.40. The average molecular weight is 619 g/mol. The number of pyridine rings is 2. The first-order valence-corrected chi connectivity index (χ1v) is 15.7. The zero-order valence-electron chi connectivity index (χ0n) is 24.4. The molecule has 5 heterocycles. The van der Waals surface area contributed by atoms with Gasteiger partial charge in [0.25, 0.3) is 11.8 Å². The number of alkyl halides is 3. The number of amides is 2. The summed E-state index contributed by atoms with van der Waals surface area (Å²) in [6.07, 6.45) is -1.69. The number of aromatic nitrogens is 2.